The van der Waals surface area contributed by atoms with Gasteiger partial charge in [-0.3, -0.25) is 9.59 Å². The lowest BCUT2D eigenvalue weighted by Gasteiger charge is -2.27. The maximum Gasteiger partial charge on any atom is 0.272 e. The highest BCUT2D eigenvalue weighted by molar-refractivity contribution is 5.52. The number of rotatable bonds is 9. The molecule has 0 bridgehead atoms. The minimum Gasteiger partial charge on any atom is -0.457 e. The van der Waals surface area contributed by atoms with Gasteiger partial charge in [0, 0.05) is 44.3 Å². The summed E-state index contributed by atoms with van der Waals surface area (Å²) in [6, 6.07) is 12.8. The van der Waals surface area contributed by atoms with Crippen molar-refractivity contribution in [1.29, 1.82) is 0 Å². The van der Waals surface area contributed by atoms with E-state index in [2.05, 4.69) is 29.7 Å². The van der Waals surface area contributed by atoms with Crippen LogP contribution in [0.25, 0.3) is 12.2 Å². The molecule has 0 unspecified atom stereocenters. The van der Waals surface area contributed by atoms with Gasteiger partial charge in [-0.1, -0.05) is 12.1 Å². The van der Waals surface area contributed by atoms with Gasteiger partial charge in [-0.25, -0.2) is 9.37 Å². The highest BCUT2D eigenvalue weighted by Crippen LogP contribution is 2.41. The second-order valence-electron chi connectivity index (χ2n) is 10.6. The molecule has 3 N–H and O–H groups in total. The Kier molecular flexibility index (Phi) is 7.93. The van der Waals surface area contributed by atoms with Crippen molar-refractivity contribution in [2.45, 2.75) is 31.7 Å². The van der Waals surface area contributed by atoms with Crippen molar-refractivity contribution >= 4 is 12.2 Å². The van der Waals surface area contributed by atoms with Crippen LogP contribution >= 0.6 is 0 Å². The highest BCUT2D eigenvalue weighted by Gasteiger charge is 2.29. The Labute approximate surface area is 236 Å². The van der Waals surface area contributed by atoms with Crippen molar-refractivity contribution in [3.05, 3.63) is 109 Å². The van der Waals surface area contributed by atoms with Gasteiger partial charge in [-0.05, 0) is 79.9 Å². The first-order valence-corrected chi connectivity index (χ1v) is 14.1. The Bertz CT molecular complexity index is 1750. The standard InChI is InChI=1S/C31H33FN6O3/c32-23-7-9-24(10-8-23)41-25-4-1-3-21(17-25)18-27-30(39)36-28(31(40)35-27)19-26-29(22-5-6-22)38(20-34-26)14-2-13-37-15-11-33-12-16-37/h1,3-4,7-10,17-20,22,33H,2,5-6,11-16H2,(H,35,40)(H,36,39)/b27-18-,28-19-. The number of benzene rings is 2. The molecule has 2 fully saturated rings. The van der Waals surface area contributed by atoms with Crippen LogP contribution in [-0.2, 0) is 6.54 Å². The summed E-state index contributed by atoms with van der Waals surface area (Å²) in [7, 11) is 0. The van der Waals surface area contributed by atoms with Gasteiger partial charge >= 0.3 is 0 Å². The number of aromatic amines is 2. The molecule has 2 aromatic heterocycles. The molecule has 4 aromatic rings. The van der Waals surface area contributed by atoms with E-state index in [1.54, 1.807) is 36.4 Å². The van der Waals surface area contributed by atoms with Crippen molar-refractivity contribution < 1.29 is 9.13 Å². The molecular weight excluding hydrogens is 523 g/mol. The first-order chi connectivity index (χ1) is 20.0. The molecular formula is C31H33FN6O3. The first kappa shape index (κ1) is 26.9. The van der Waals surface area contributed by atoms with Crippen molar-refractivity contribution in [3.8, 4) is 11.5 Å². The third-order valence-corrected chi connectivity index (χ3v) is 7.44. The number of H-pyrrole nitrogens is 2. The molecule has 1 aliphatic carbocycles. The molecule has 212 valence electrons. The number of aromatic nitrogens is 4. The average molecular weight is 557 g/mol. The van der Waals surface area contributed by atoms with Crippen LogP contribution in [0.3, 0.4) is 0 Å². The monoisotopic (exact) mass is 556 g/mol. The van der Waals surface area contributed by atoms with E-state index in [1.165, 1.54) is 24.3 Å². The van der Waals surface area contributed by atoms with Gasteiger partial charge in [0.2, 0.25) is 0 Å². The Morgan fingerprint density at radius 1 is 0.927 bits per heavy atom. The summed E-state index contributed by atoms with van der Waals surface area (Å²) in [4.78, 5) is 38.5. The largest absolute Gasteiger partial charge is 0.457 e. The van der Waals surface area contributed by atoms with Gasteiger partial charge in [0.15, 0.2) is 0 Å². The molecule has 0 amide bonds. The van der Waals surface area contributed by atoms with Gasteiger partial charge in [-0.15, -0.1) is 0 Å². The fourth-order valence-electron chi connectivity index (χ4n) is 5.20. The number of hydrogen-bond acceptors (Lipinski definition) is 6. The summed E-state index contributed by atoms with van der Waals surface area (Å²) in [6.45, 7) is 6.17. The lowest BCUT2D eigenvalue weighted by atomic mass is 10.2. The third kappa shape index (κ3) is 6.72. The quantitative estimate of drug-likeness (QED) is 0.291. The number of nitrogens with one attached hydrogen (secondary N) is 3. The van der Waals surface area contributed by atoms with Crippen LogP contribution in [0.15, 0.2) is 64.4 Å². The fourth-order valence-corrected chi connectivity index (χ4v) is 5.20. The zero-order valence-corrected chi connectivity index (χ0v) is 22.7. The van der Waals surface area contributed by atoms with Crippen molar-refractivity contribution in [3.63, 3.8) is 0 Å². The molecule has 41 heavy (non-hydrogen) atoms. The predicted molar refractivity (Wildman–Crippen MR) is 155 cm³/mol. The summed E-state index contributed by atoms with van der Waals surface area (Å²) >= 11 is 0. The Morgan fingerprint density at radius 3 is 2.39 bits per heavy atom. The van der Waals surface area contributed by atoms with Gasteiger partial charge in [0.25, 0.3) is 11.1 Å². The average Bonchev–Trinajstić information content (AvgIpc) is 3.74. The number of nitrogens with zero attached hydrogens (tertiary/aromatic N) is 3. The van der Waals surface area contributed by atoms with Crippen LogP contribution < -0.4 is 31.9 Å². The molecule has 1 saturated carbocycles. The van der Waals surface area contributed by atoms with E-state index < -0.39 is 11.1 Å². The van der Waals surface area contributed by atoms with Crippen molar-refractivity contribution in [2.24, 2.45) is 0 Å². The number of piperazine rings is 1. The number of halogens is 1. The Morgan fingerprint density at radius 2 is 1.66 bits per heavy atom. The molecule has 6 rings (SSSR count). The van der Waals surface area contributed by atoms with E-state index in [9.17, 15) is 14.0 Å². The summed E-state index contributed by atoms with van der Waals surface area (Å²) in [5.41, 5.74) is 1.73. The minimum atomic E-state index is -0.413. The lowest BCUT2D eigenvalue weighted by Crippen LogP contribution is -2.46. The van der Waals surface area contributed by atoms with Gasteiger partial charge in [0.05, 0.1) is 12.0 Å². The van der Waals surface area contributed by atoms with Crippen LogP contribution in [0, 0.1) is 5.82 Å². The maximum atomic E-state index is 13.2. The van der Waals surface area contributed by atoms with E-state index >= 15 is 0 Å². The molecule has 0 spiro atoms. The summed E-state index contributed by atoms with van der Waals surface area (Å²) in [5.74, 6) is 1.10. The summed E-state index contributed by atoms with van der Waals surface area (Å²) in [6.07, 6.45) is 8.37. The third-order valence-electron chi connectivity index (χ3n) is 7.44. The molecule has 1 saturated heterocycles. The molecule has 9 nitrogen and oxygen atoms in total. The predicted octanol–water partition coefficient (Wildman–Crippen LogP) is 2.02. The molecule has 2 aromatic carbocycles. The number of imidazole rings is 1. The second-order valence-corrected chi connectivity index (χ2v) is 10.6. The zero-order chi connectivity index (χ0) is 28.2. The maximum absolute atomic E-state index is 13.2. The van der Waals surface area contributed by atoms with Crippen LogP contribution in [0.5, 0.6) is 11.5 Å². The Hall–Kier alpha value is -4.28. The molecule has 1 aliphatic heterocycles. The minimum absolute atomic E-state index is 0.131. The second kappa shape index (κ2) is 12.1. The van der Waals surface area contributed by atoms with Gasteiger partial charge in [-0.2, -0.15) is 0 Å². The van der Waals surface area contributed by atoms with E-state index in [0.29, 0.717) is 23.0 Å². The van der Waals surface area contributed by atoms with E-state index in [-0.39, 0.29) is 16.5 Å². The normalized spacial score (nSPS) is 16.8. The van der Waals surface area contributed by atoms with Gasteiger partial charge in [0.1, 0.15) is 28.0 Å². The zero-order valence-electron chi connectivity index (χ0n) is 22.7. The smallest absolute Gasteiger partial charge is 0.272 e. The lowest BCUT2D eigenvalue weighted by molar-refractivity contribution is 0.234. The van der Waals surface area contributed by atoms with Crippen LogP contribution in [-0.4, -0.2) is 57.1 Å². The molecule has 0 atom stereocenters. The topological polar surface area (TPSA) is 108 Å². The molecule has 2 aliphatic rings. The van der Waals surface area contributed by atoms with Crippen LogP contribution in [0.4, 0.5) is 4.39 Å². The molecule has 10 heteroatoms. The van der Waals surface area contributed by atoms with E-state index in [4.69, 9.17) is 4.74 Å². The van der Waals surface area contributed by atoms with Gasteiger partial charge < -0.3 is 29.5 Å². The van der Waals surface area contributed by atoms with Crippen LogP contribution in [0.1, 0.15) is 42.1 Å². The highest BCUT2D eigenvalue weighted by atomic mass is 19.1. The first-order valence-electron chi connectivity index (χ1n) is 14.1. The van der Waals surface area contributed by atoms with E-state index in [1.807, 2.05) is 6.33 Å². The SMILES string of the molecule is O=c1[nH]/c(=C\c2ncn(CCCN3CCNCC3)c2C2CC2)c(=O)[nH]/c1=C\c1cccc(Oc2ccc(F)cc2)c1. The number of ether oxygens (including phenoxy) is 1. The van der Waals surface area contributed by atoms with Crippen LogP contribution in [0.2, 0.25) is 0 Å². The molecule has 3 heterocycles. The van der Waals surface area contributed by atoms with Crippen molar-refractivity contribution in [1.82, 2.24) is 29.7 Å². The number of hydrogen-bond donors (Lipinski definition) is 3. The fraction of sp³-hybridized carbons (Fsp3) is 0.323. The number of aryl methyl sites for hydroxylation is 1. The van der Waals surface area contributed by atoms with E-state index in [0.717, 1.165) is 69.9 Å². The van der Waals surface area contributed by atoms with Crippen molar-refractivity contribution in [2.75, 3.05) is 32.7 Å². The molecule has 0 radical (unpaired) electrons. The Balaban J connectivity index is 1.22. The summed E-state index contributed by atoms with van der Waals surface area (Å²) < 4.78 is 21.2. The summed E-state index contributed by atoms with van der Waals surface area (Å²) in [5, 5.41) is 3.69.